The van der Waals surface area contributed by atoms with Gasteiger partial charge in [-0.3, -0.25) is 9.59 Å². The molecule has 3 aromatic rings. The third-order valence-corrected chi connectivity index (χ3v) is 8.19. The van der Waals surface area contributed by atoms with E-state index in [1.165, 1.54) is 12.1 Å². The summed E-state index contributed by atoms with van der Waals surface area (Å²) < 4.78 is 13.6. The van der Waals surface area contributed by atoms with Gasteiger partial charge in [-0.2, -0.15) is 0 Å². The summed E-state index contributed by atoms with van der Waals surface area (Å²) in [5.74, 6) is -0.808. The Labute approximate surface area is 232 Å². The monoisotopic (exact) mass is 550 g/mol. The lowest BCUT2D eigenvalue weighted by Crippen LogP contribution is -2.72. The first kappa shape index (κ1) is 26.9. The number of rotatable bonds is 6. The predicted octanol–water partition coefficient (Wildman–Crippen LogP) is 5.16. The number of fused-ring (bicyclic) bond motifs is 2. The van der Waals surface area contributed by atoms with Gasteiger partial charge in [0.1, 0.15) is 18.0 Å². The number of nitrogens with zero attached hydrogens (tertiary/aromatic N) is 3. The van der Waals surface area contributed by atoms with Crippen molar-refractivity contribution in [3.8, 4) is 0 Å². The van der Waals surface area contributed by atoms with Gasteiger partial charge in [0.2, 0.25) is 11.8 Å². The van der Waals surface area contributed by atoms with Gasteiger partial charge in [0.05, 0.1) is 11.6 Å². The van der Waals surface area contributed by atoms with Crippen LogP contribution in [-0.4, -0.2) is 57.8 Å². The zero-order chi connectivity index (χ0) is 27.7. The maximum absolute atomic E-state index is 13.9. The van der Waals surface area contributed by atoms with Crippen LogP contribution in [0.25, 0.3) is 10.8 Å². The molecule has 3 atom stereocenters. The molecular weight excluding hydrogens is 519 g/mol. The molecule has 0 aliphatic carbocycles. The normalized spacial score (nSPS) is 20.3. The first-order valence-corrected chi connectivity index (χ1v) is 13.7. The minimum atomic E-state index is -0.650. The number of nitrogens with one attached hydrogen (secondary N) is 1. The van der Waals surface area contributed by atoms with Crippen LogP contribution in [-0.2, 0) is 22.7 Å². The van der Waals surface area contributed by atoms with E-state index in [2.05, 4.69) is 5.32 Å². The Morgan fingerprint density at radius 1 is 1.13 bits per heavy atom. The van der Waals surface area contributed by atoms with Crippen molar-refractivity contribution in [3.63, 3.8) is 0 Å². The summed E-state index contributed by atoms with van der Waals surface area (Å²) in [6.07, 6.45) is 0.275. The average Bonchev–Trinajstić information content (AvgIpc) is 2.94. The molecule has 2 aliphatic heterocycles. The molecule has 2 saturated heterocycles. The Kier molecular flexibility index (Phi) is 7.75. The van der Waals surface area contributed by atoms with E-state index in [1.54, 1.807) is 20.8 Å². The van der Waals surface area contributed by atoms with E-state index in [-0.39, 0.29) is 54.8 Å². The third-order valence-electron chi connectivity index (χ3n) is 7.90. The predicted molar refractivity (Wildman–Crippen MR) is 148 cm³/mol. The molecule has 39 heavy (non-hydrogen) atoms. The highest BCUT2D eigenvalue weighted by Crippen LogP contribution is 2.32. The standard InChI is InChI=1S/C30H32ClFN4O3/c1-3-19(2)28-29(38)34(17-22-9-6-8-21-7-4-5-10-23(21)22)18-26-35(14-13-27(37)36(26)28)30(39)33-16-20-11-12-25(32)24(31)15-20/h4-12,15,19,26,28H,3,13-14,16-18H2,1-2H3,(H,33,39)/t19-,26+,28-/m0/s1. The molecular formula is C30H32ClFN4O3. The molecule has 204 valence electrons. The molecule has 1 N–H and O–H groups in total. The number of amides is 4. The summed E-state index contributed by atoms with van der Waals surface area (Å²) in [5.41, 5.74) is 1.68. The van der Waals surface area contributed by atoms with E-state index < -0.39 is 18.0 Å². The number of halogens is 2. The van der Waals surface area contributed by atoms with E-state index in [1.807, 2.05) is 56.3 Å². The first-order chi connectivity index (χ1) is 18.8. The van der Waals surface area contributed by atoms with Crippen molar-refractivity contribution in [2.75, 3.05) is 13.1 Å². The summed E-state index contributed by atoms with van der Waals surface area (Å²) >= 11 is 5.90. The van der Waals surface area contributed by atoms with Crippen LogP contribution in [0.2, 0.25) is 5.02 Å². The van der Waals surface area contributed by atoms with Crippen LogP contribution in [0.15, 0.2) is 60.7 Å². The Hall–Kier alpha value is -3.65. The summed E-state index contributed by atoms with van der Waals surface area (Å²) in [6.45, 7) is 4.99. The van der Waals surface area contributed by atoms with Crippen molar-refractivity contribution >= 4 is 40.2 Å². The Bertz CT molecular complexity index is 1410. The number of hydrogen-bond acceptors (Lipinski definition) is 3. The number of benzene rings is 3. The SMILES string of the molecule is CC[C@H](C)[C@H]1C(=O)N(Cc2cccc3ccccc23)C[C@@H]2N(C(=O)NCc3ccc(F)c(Cl)c3)CCC(=O)N12. The highest BCUT2D eigenvalue weighted by molar-refractivity contribution is 6.30. The fourth-order valence-electron chi connectivity index (χ4n) is 5.62. The lowest BCUT2D eigenvalue weighted by atomic mass is 9.91. The summed E-state index contributed by atoms with van der Waals surface area (Å²) in [5, 5.41) is 5.04. The quantitative estimate of drug-likeness (QED) is 0.461. The van der Waals surface area contributed by atoms with Gasteiger partial charge in [-0.05, 0) is 39.9 Å². The molecule has 2 fully saturated rings. The summed E-state index contributed by atoms with van der Waals surface area (Å²) in [4.78, 5) is 45.6. The van der Waals surface area contributed by atoms with E-state index in [0.717, 1.165) is 16.3 Å². The zero-order valence-electron chi connectivity index (χ0n) is 22.1. The van der Waals surface area contributed by atoms with Crippen molar-refractivity contribution in [2.24, 2.45) is 5.92 Å². The lowest BCUT2D eigenvalue weighted by Gasteiger charge is -2.53. The summed E-state index contributed by atoms with van der Waals surface area (Å²) in [6, 6.07) is 17.4. The minimum absolute atomic E-state index is 0.0113. The van der Waals surface area contributed by atoms with Crippen molar-refractivity contribution in [1.29, 1.82) is 0 Å². The minimum Gasteiger partial charge on any atom is -0.334 e. The molecule has 0 bridgehead atoms. The van der Waals surface area contributed by atoms with Gasteiger partial charge >= 0.3 is 6.03 Å². The van der Waals surface area contributed by atoms with Crippen molar-refractivity contribution < 1.29 is 18.8 Å². The highest BCUT2D eigenvalue weighted by atomic mass is 35.5. The second kappa shape index (κ2) is 11.2. The topological polar surface area (TPSA) is 73.0 Å². The van der Waals surface area contributed by atoms with Crippen LogP contribution in [0, 0.1) is 11.7 Å². The van der Waals surface area contributed by atoms with Crippen LogP contribution in [0.3, 0.4) is 0 Å². The lowest BCUT2D eigenvalue weighted by molar-refractivity contribution is -0.170. The van der Waals surface area contributed by atoms with Gasteiger partial charge in [0.15, 0.2) is 0 Å². The number of piperazine rings is 1. The number of urea groups is 1. The molecule has 0 unspecified atom stereocenters. The molecule has 7 nitrogen and oxygen atoms in total. The van der Waals surface area contributed by atoms with Gasteiger partial charge in [0, 0.05) is 26.1 Å². The molecule has 2 aliphatic rings. The van der Waals surface area contributed by atoms with Crippen molar-refractivity contribution in [3.05, 3.63) is 82.6 Å². The van der Waals surface area contributed by atoms with Gasteiger partial charge in [-0.1, -0.05) is 80.4 Å². The van der Waals surface area contributed by atoms with E-state index >= 15 is 0 Å². The Morgan fingerprint density at radius 2 is 1.90 bits per heavy atom. The Morgan fingerprint density at radius 3 is 2.67 bits per heavy atom. The average molecular weight is 551 g/mol. The number of hydrogen-bond donors (Lipinski definition) is 1. The zero-order valence-corrected chi connectivity index (χ0v) is 22.8. The molecule has 3 aromatic carbocycles. The fraction of sp³-hybridized carbons (Fsp3) is 0.367. The Balaban J connectivity index is 1.42. The van der Waals surface area contributed by atoms with Crippen LogP contribution in [0.4, 0.5) is 9.18 Å². The molecule has 4 amide bonds. The molecule has 5 rings (SSSR count). The second-order valence-corrected chi connectivity index (χ2v) is 10.7. The van der Waals surface area contributed by atoms with Gasteiger partial charge in [-0.15, -0.1) is 0 Å². The van der Waals surface area contributed by atoms with Crippen molar-refractivity contribution in [2.45, 2.75) is 52.0 Å². The number of carbonyl (C=O) groups is 3. The fourth-order valence-corrected chi connectivity index (χ4v) is 5.82. The molecule has 0 saturated carbocycles. The van der Waals surface area contributed by atoms with Gasteiger partial charge < -0.3 is 20.0 Å². The molecule has 0 radical (unpaired) electrons. The number of carbonyl (C=O) groups excluding carboxylic acids is 3. The second-order valence-electron chi connectivity index (χ2n) is 10.3. The molecule has 9 heteroatoms. The maximum Gasteiger partial charge on any atom is 0.319 e. The van der Waals surface area contributed by atoms with Crippen molar-refractivity contribution in [1.82, 2.24) is 20.0 Å². The summed E-state index contributed by atoms with van der Waals surface area (Å²) in [7, 11) is 0. The van der Waals surface area contributed by atoms with E-state index in [0.29, 0.717) is 18.5 Å². The van der Waals surface area contributed by atoms with Crippen LogP contribution in [0.5, 0.6) is 0 Å². The first-order valence-electron chi connectivity index (χ1n) is 13.3. The van der Waals surface area contributed by atoms with Gasteiger partial charge in [-0.25, -0.2) is 9.18 Å². The molecule has 0 spiro atoms. The van der Waals surface area contributed by atoms with Crippen LogP contribution < -0.4 is 5.32 Å². The van der Waals surface area contributed by atoms with Crippen LogP contribution >= 0.6 is 11.6 Å². The largest absolute Gasteiger partial charge is 0.334 e. The smallest absolute Gasteiger partial charge is 0.319 e. The molecule has 0 aromatic heterocycles. The van der Waals surface area contributed by atoms with E-state index in [4.69, 9.17) is 11.6 Å². The third kappa shape index (κ3) is 5.30. The van der Waals surface area contributed by atoms with Crippen LogP contribution in [0.1, 0.15) is 37.8 Å². The maximum atomic E-state index is 13.9. The molecule has 2 heterocycles. The highest BCUT2D eigenvalue weighted by Gasteiger charge is 2.50. The van der Waals surface area contributed by atoms with Gasteiger partial charge in [0.25, 0.3) is 0 Å². The van der Waals surface area contributed by atoms with E-state index in [9.17, 15) is 18.8 Å².